The lowest BCUT2D eigenvalue weighted by atomic mass is 10.0. The highest BCUT2D eigenvalue weighted by Gasteiger charge is 2.43. The summed E-state index contributed by atoms with van der Waals surface area (Å²) in [5, 5.41) is 14.8. The number of nitrogens with two attached hydrogens (primary N) is 1. The molecule has 0 saturated carbocycles. The van der Waals surface area contributed by atoms with Gasteiger partial charge in [-0.15, -0.1) is 5.01 Å². The Morgan fingerprint density at radius 2 is 1.61 bits per heavy atom. The lowest BCUT2D eigenvalue weighted by Crippen LogP contribution is -3.13. The number of ketones is 1. The second kappa shape index (κ2) is 12.0. The third-order valence-electron chi connectivity index (χ3n) is 5.52. The Morgan fingerprint density at radius 1 is 1.06 bits per heavy atom. The van der Waals surface area contributed by atoms with Crippen LogP contribution < -0.4 is 35.1 Å². The fraction of sp³-hybridized carbons (Fsp3) is 0.304. The molecule has 3 rings (SSSR count). The minimum Gasteiger partial charge on any atom is -1.00 e. The molecule has 1 aliphatic heterocycles. The van der Waals surface area contributed by atoms with E-state index >= 15 is 0 Å². The van der Waals surface area contributed by atoms with Gasteiger partial charge in [-0.25, -0.2) is 9.80 Å². The quantitative estimate of drug-likeness (QED) is 0.340. The van der Waals surface area contributed by atoms with Crippen LogP contribution in [0.5, 0.6) is 0 Å². The van der Waals surface area contributed by atoms with Gasteiger partial charge < -0.3 is 35.2 Å². The van der Waals surface area contributed by atoms with E-state index in [1.54, 1.807) is 5.01 Å². The lowest BCUT2D eigenvalue weighted by molar-refractivity contribution is -0.866. The monoisotopic (exact) mass is 465 g/mol. The summed E-state index contributed by atoms with van der Waals surface area (Å²) in [6, 6.07) is 18.8. The van der Waals surface area contributed by atoms with Crippen LogP contribution in [0.4, 0.5) is 5.69 Å². The van der Waals surface area contributed by atoms with Gasteiger partial charge >= 0.3 is 5.91 Å². The molecule has 3 unspecified atom stereocenters. The Labute approximate surface area is 195 Å². The van der Waals surface area contributed by atoms with Crippen LogP contribution in [0.15, 0.2) is 71.9 Å². The van der Waals surface area contributed by atoms with Crippen LogP contribution in [0.3, 0.4) is 0 Å². The Kier molecular flexibility index (Phi) is 10.4. The largest absolute Gasteiger partial charge is 1.00 e. The SMILES string of the molecule is CC1=C(C(=O)CC[NH2+]C(C)C(O)c2ccccc2)C(=O)[NH+](c2ccccc2)N1C.[Cl-].[Cl-]. The van der Waals surface area contributed by atoms with Crippen molar-refractivity contribution in [1.82, 2.24) is 5.01 Å². The molecule has 8 heteroatoms. The van der Waals surface area contributed by atoms with Crippen LogP contribution in [0, 0.1) is 0 Å². The molecular formula is C23H29Cl2N3O3. The number of allylic oxidation sites excluding steroid dienone is 1. The van der Waals surface area contributed by atoms with Gasteiger partial charge in [0.05, 0.1) is 25.7 Å². The summed E-state index contributed by atoms with van der Waals surface area (Å²) in [6.45, 7) is 4.26. The minimum absolute atomic E-state index is 0. The van der Waals surface area contributed by atoms with Crippen molar-refractivity contribution >= 4 is 17.4 Å². The zero-order valence-corrected chi connectivity index (χ0v) is 19.4. The lowest BCUT2D eigenvalue weighted by Gasteiger charge is -2.20. The number of Topliss-reactive ketones (excluding diaryl/α,β-unsaturated/α-hetero) is 1. The van der Waals surface area contributed by atoms with Crippen molar-refractivity contribution in [3.63, 3.8) is 0 Å². The number of hydrogen-bond donors (Lipinski definition) is 3. The normalized spacial score (nSPS) is 17.6. The molecule has 0 aliphatic carbocycles. The molecule has 0 radical (unpaired) electrons. The summed E-state index contributed by atoms with van der Waals surface area (Å²) < 4.78 is 0. The van der Waals surface area contributed by atoms with Crippen LogP contribution in [-0.2, 0) is 9.59 Å². The second-order valence-electron chi connectivity index (χ2n) is 7.48. The van der Waals surface area contributed by atoms with E-state index in [1.807, 2.05) is 86.9 Å². The predicted octanol–water partition coefficient (Wildman–Crippen LogP) is -5.48. The van der Waals surface area contributed by atoms with Gasteiger partial charge in [0, 0.05) is 12.1 Å². The van der Waals surface area contributed by atoms with E-state index in [-0.39, 0.29) is 54.5 Å². The van der Waals surface area contributed by atoms with E-state index in [4.69, 9.17) is 0 Å². The van der Waals surface area contributed by atoms with E-state index < -0.39 is 6.10 Å². The number of quaternary nitrogens is 2. The standard InChI is InChI=1S/C23H27N3O3.2ClH/c1-16(22(28)18-10-6-4-7-11-18)24-15-14-20(27)21-17(2)25(3)26(23(21)29)19-12-8-5-9-13-19;;/h4-13,16,22,24,28H,14-15H2,1-3H3;2*1H. The van der Waals surface area contributed by atoms with E-state index in [0.717, 1.165) is 11.3 Å². The number of nitrogens with zero attached hydrogens (tertiary/aromatic N) is 1. The molecule has 0 fully saturated rings. The first-order valence-electron chi connectivity index (χ1n) is 9.93. The van der Waals surface area contributed by atoms with Crippen molar-refractivity contribution in [3.05, 3.63) is 77.5 Å². The maximum absolute atomic E-state index is 13.0. The van der Waals surface area contributed by atoms with Crippen LogP contribution in [0.1, 0.15) is 31.9 Å². The molecule has 2 aromatic rings. The van der Waals surface area contributed by atoms with Crippen molar-refractivity contribution < 1.29 is 49.8 Å². The molecule has 31 heavy (non-hydrogen) atoms. The summed E-state index contributed by atoms with van der Waals surface area (Å²) in [4.78, 5) is 25.8. The summed E-state index contributed by atoms with van der Waals surface area (Å²) in [5.74, 6) is -0.360. The molecule has 4 N–H and O–H groups in total. The Morgan fingerprint density at radius 3 is 2.19 bits per heavy atom. The number of carbonyl (C=O) groups is 2. The van der Waals surface area contributed by atoms with Gasteiger partial charge in [0.2, 0.25) is 0 Å². The number of aliphatic hydroxyl groups is 1. The molecule has 0 bridgehead atoms. The predicted molar refractivity (Wildman–Crippen MR) is 110 cm³/mol. The summed E-state index contributed by atoms with van der Waals surface area (Å²) in [5.41, 5.74) is 2.64. The average molecular weight is 466 g/mol. The highest BCUT2D eigenvalue weighted by Crippen LogP contribution is 2.17. The molecule has 6 nitrogen and oxygen atoms in total. The van der Waals surface area contributed by atoms with Gasteiger partial charge in [-0.1, -0.05) is 48.5 Å². The Balaban J connectivity index is 0.00000240. The maximum Gasteiger partial charge on any atom is 0.379 e. The molecule has 168 valence electrons. The van der Waals surface area contributed by atoms with Crippen molar-refractivity contribution in [1.29, 1.82) is 0 Å². The number of hydrogen-bond acceptors (Lipinski definition) is 4. The number of halogens is 2. The third kappa shape index (κ3) is 5.93. The minimum atomic E-state index is -0.607. The molecule has 0 spiro atoms. The zero-order chi connectivity index (χ0) is 21.0. The number of carbonyl (C=O) groups excluding carboxylic acids is 2. The average Bonchev–Trinajstić information content (AvgIpc) is 2.96. The van der Waals surface area contributed by atoms with E-state index in [9.17, 15) is 14.7 Å². The number of amides is 1. The molecule has 0 aromatic heterocycles. The van der Waals surface area contributed by atoms with E-state index in [2.05, 4.69) is 0 Å². The van der Waals surface area contributed by atoms with Gasteiger partial charge in [-0.2, -0.15) is 0 Å². The number of nitrogens with one attached hydrogen (secondary N) is 1. The molecule has 1 aliphatic rings. The number of para-hydroxylation sites is 1. The van der Waals surface area contributed by atoms with Gasteiger partial charge in [-0.05, 0) is 19.4 Å². The van der Waals surface area contributed by atoms with Crippen LogP contribution >= 0.6 is 0 Å². The zero-order valence-electron chi connectivity index (χ0n) is 17.9. The highest BCUT2D eigenvalue weighted by molar-refractivity contribution is 6.18. The number of benzene rings is 2. The molecular weight excluding hydrogens is 437 g/mol. The summed E-state index contributed by atoms with van der Waals surface area (Å²) in [7, 11) is 1.82. The van der Waals surface area contributed by atoms with Crippen molar-refractivity contribution in [3.8, 4) is 0 Å². The van der Waals surface area contributed by atoms with Gasteiger partial charge in [-0.3, -0.25) is 4.79 Å². The molecule has 0 saturated heterocycles. The molecule has 3 atom stereocenters. The first kappa shape index (κ1) is 26.8. The van der Waals surface area contributed by atoms with Gasteiger partial charge in [0.15, 0.2) is 11.5 Å². The number of aliphatic hydroxyl groups excluding tert-OH is 1. The summed E-state index contributed by atoms with van der Waals surface area (Å²) in [6.07, 6.45) is -0.357. The van der Waals surface area contributed by atoms with Crippen molar-refractivity contribution in [2.24, 2.45) is 0 Å². The molecule has 1 amide bonds. The molecule has 1 heterocycles. The fourth-order valence-electron chi connectivity index (χ4n) is 3.70. The van der Waals surface area contributed by atoms with Crippen molar-refractivity contribution in [2.75, 3.05) is 13.6 Å². The smallest absolute Gasteiger partial charge is 0.379 e. The van der Waals surface area contributed by atoms with Crippen LogP contribution in [0.2, 0.25) is 0 Å². The third-order valence-corrected chi connectivity index (χ3v) is 5.52. The first-order chi connectivity index (χ1) is 13.9. The van der Waals surface area contributed by atoms with E-state index in [0.29, 0.717) is 17.3 Å². The maximum atomic E-state index is 13.0. The van der Waals surface area contributed by atoms with Crippen LogP contribution in [0.25, 0.3) is 0 Å². The van der Waals surface area contributed by atoms with Gasteiger partial charge in [0.25, 0.3) is 0 Å². The molecule has 2 aromatic carbocycles. The first-order valence-corrected chi connectivity index (χ1v) is 9.93. The van der Waals surface area contributed by atoms with Gasteiger partial charge in [0.1, 0.15) is 17.7 Å². The number of rotatable bonds is 8. The second-order valence-corrected chi connectivity index (χ2v) is 7.48. The Bertz CT molecular complexity index is 907. The topological polar surface area (TPSA) is 78.7 Å². The Hall–Kier alpha value is -2.22. The van der Waals surface area contributed by atoms with Crippen LogP contribution in [-0.4, -0.2) is 41.4 Å². The fourth-order valence-corrected chi connectivity index (χ4v) is 3.70. The summed E-state index contributed by atoms with van der Waals surface area (Å²) >= 11 is 0. The van der Waals surface area contributed by atoms with E-state index in [1.165, 1.54) is 0 Å². The van der Waals surface area contributed by atoms with Crippen molar-refractivity contribution in [2.45, 2.75) is 32.4 Å². The highest BCUT2D eigenvalue weighted by atomic mass is 35.5.